The lowest BCUT2D eigenvalue weighted by Gasteiger charge is -2.34. The molecule has 0 radical (unpaired) electrons. The molecule has 3 aromatic rings. The Kier molecular flexibility index (Phi) is 5.29. The number of aliphatic imine (C=N–C) groups is 1. The van der Waals surface area contributed by atoms with Crippen molar-refractivity contribution < 1.29 is 18.6 Å². The number of aromatic amines is 1. The first-order valence-corrected chi connectivity index (χ1v) is 11.0. The SMILES string of the molecule is COc1cc2c(cc1OCC1CCCN1)N=CCC2(C)Oc1ccc2[nH]c(C)cc2c1F. The molecule has 1 aromatic heterocycles. The Morgan fingerprint density at radius 3 is 2.84 bits per heavy atom. The number of aromatic nitrogens is 1. The number of aryl methyl sites for hydroxylation is 1. The van der Waals surface area contributed by atoms with Gasteiger partial charge < -0.3 is 24.5 Å². The molecular weight excluding hydrogens is 409 g/mol. The molecule has 0 spiro atoms. The van der Waals surface area contributed by atoms with Gasteiger partial charge >= 0.3 is 0 Å². The summed E-state index contributed by atoms with van der Waals surface area (Å²) in [5.74, 6) is 1.11. The minimum absolute atomic E-state index is 0.215. The van der Waals surface area contributed by atoms with Crippen LogP contribution in [0.25, 0.3) is 10.9 Å². The first-order valence-electron chi connectivity index (χ1n) is 11.0. The Hall–Kier alpha value is -3.06. The van der Waals surface area contributed by atoms with E-state index in [1.54, 1.807) is 19.2 Å². The maximum atomic E-state index is 15.2. The standard InChI is InChI=1S/C25H28FN3O3/c1-15-11-17-19(29-15)6-7-21(24(17)26)32-25(2)8-10-28-20-13-23(22(30-3)12-18(20)25)31-14-16-5-4-9-27-16/h6-7,10-13,16,27,29H,4-5,8-9,14H2,1-3H3. The number of ether oxygens (including phenoxy) is 3. The number of nitrogens with zero attached hydrogens (tertiary/aromatic N) is 1. The van der Waals surface area contributed by atoms with E-state index in [0.717, 1.165) is 35.4 Å². The fourth-order valence-corrected chi connectivity index (χ4v) is 4.58. The molecule has 2 atom stereocenters. The lowest BCUT2D eigenvalue weighted by atomic mass is 9.88. The molecule has 1 saturated heterocycles. The molecule has 0 bridgehead atoms. The van der Waals surface area contributed by atoms with E-state index in [-0.39, 0.29) is 11.6 Å². The average molecular weight is 438 g/mol. The predicted molar refractivity (Wildman–Crippen MR) is 123 cm³/mol. The molecule has 7 heteroatoms. The van der Waals surface area contributed by atoms with Crippen molar-refractivity contribution in [3.8, 4) is 17.2 Å². The number of H-pyrrole nitrogens is 1. The van der Waals surface area contributed by atoms with Crippen LogP contribution in [-0.2, 0) is 5.60 Å². The molecule has 168 valence electrons. The lowest BCUT2D eigenvalue weighted by Crippen LogP contribution is -2.32. The zero-order valence-electron chi connectivity index (χ0n) is 18.6. The van der Waals surface area contributed by atoms with Gasteiger partial charge in [-0.2, -0.15) is 0 Å². The second-order valence-corrected chi connectivity index (χ2v) is 8.76. The summed E-state index contributed by atoms with van der Waals surface area (Å²) < 4.78 is 33.2. The maximum Gasteiger partial charge on any atom is 0.174 e. The molecular formula is C25H28FN3O3. The van der Waals surface area contributed by atoms with E-state index in [9.17, 15) is 0 Å². The molecule has 2 N–H and O–H groups in total. The van der Waals surface area contributed by atoms with E-state index in [4.69, 9.17) is 14.2 Å². The molecule has 0 aliphatic carbocycles. The molecule has 0 amide bonds. The van der Waals surface area contributed by atoms with Gasteiger partial charge in [0.1, 0.15) is 12.2 Å². The molecule has 2 aliphatic heterocycles. The van der Waals surface area contributed by atoms with Gasteiger partial charge in [0.15, 0.2) is 23.1 Å². The van der Waals surface area contributed by atoms with Gasteiger partial charge in [-0.3, -0.25) is 4.99 Å². The van der Waals surface area contributed by atoms with Gasteiger partial charge in [0.25, 0.3) is 0 Å². The zero-order valence-corrected chi connectivity index (χ0v) is 18.6. The van der Waals surface area contributed by atoms with Crippen molar-refractivity contribution in [1.82, 2.24) is 10.3 Å². The number of methoxy groups -OCH3 is 1. The van der Waals surface area contributed by atoms with Gasteiger partial charge in [0.2, 0.25) is 0 Å². The highest BCUT2D eigenvalue weighted by atomic mass is 19.1. The monoisotopic (exact) mass is 437 g/mol. The third-order valence-corrected chi connectivity index (χ3v) is 6.34. The number of nitrogens with one attached hydrogen (secondary N) is 2. The van der Waals surface area contributed by atoms with Gasteiger partial charge in [0, 0.05) is 46.9 Å². The number of fused-ring (bicyclic) bond motifs is 2. The van der Waals surface area contributed by atoms with Gasteiger partial charge in [-0.05, 0) is 57.5 Å². The molecule has 2 aromatic carbocycles. The van der Waals surface area contributed by atoms with Crippen molar-refractivity contribution in [1.29, 1.82) is 0 Å². The molecule has 2 unspecified atom stereocenters. The van der Waals surface area contributed by atoms with E-state index in [1.165, 1.54) is 6.42 Å². The fraction of sp³-hybridized carbons (Fsp3) is 0.400. The van der Waals surface area contributed by atoms with E-state index < -0.39 is 5.60 Å². The molecule has 5 rings (SSSR count). The molecule has 0 saturated carbocycles. The molecule has 6 nitrogen and oxygen atoms in total. The number of halogens is 1. The summed E-state index contributed by atoms with van der Waals surface area (Å²) in [6.45, 7) is 5.46. The van der Waals surface area contributed by atoms with Crippen LogP contribution in [0, 0.1) is 12.7 Å². The highest BCUT2D eigenvalue weighted by Crippen LogP contribution is 2.45. The second kappa shape index (κ2) is 8.13. The number of benzene rings is 2. The summed E-state index contributed by atoms with van der Waals surface area (Å²) in [5, 5.41) is 3.96. The van der Waals surface area contributed by atoms with Gasteiger partial charge in [-0.1, -0.05) is 0 Å². The predicted octanol–water partition coefficient (Wildman–Crippen LogP) is 5.16. The third-order valence-electron chi connectivity index (χ3n) is 6.34. The lowest BCUT2D eigenvalue weighted by molar-refractivity contribution is 0.0899. The Morgan fingerprint density at radius 1 is 1.19 bits per heavy atom. The van der Waals surface area contributed by atoms with Crippen LogP contribution in [0.4, 0.5) is 10.1 Å². The van der Waals surface area contributed by atoms with Crippen LogP contribution in [0.5, 0.6) is 17.2 Å². The third kappa shape index (κ3) is 3.71. The molecule has 3 heterocycles. The largest absolute Gasteiger partial charge is 0.493 e. The van der Waals surface area contributed by atoms with Crippen molar-refractivity contribution >= 4 is 22.8 Å². The number of rotatable bonds is 6. The zero-order chi connectivity index (χ0) is 22.3. The van der Waals surface area contributed by atoms with E-state index in [2.05, 4.69) is 15.3 Å². The second-order valence-electron chi connectivity index (χ2n) is 8.76. The molecule has 2 aliphatic rings. The minimum Gasteiger partial charge on any atom is -0.493 e. The van der Waals surface area contributed by atoms with Crippen LogP contribution in [0.3, 0.4) is 0 Å². The van der Waals surface area contributed by atoms with Gasteiger partial charge in [-0.15, -0.1) is 0 Å². The summed E-state index contributed by atoms with van der Waals surface area (Å²) in [5.41, 5.74) is 2.45. The topological polar surface area (TPSA) is 67.9 Å². The molecule has 32 heavy (non-hydrogen) atoms. The van der Waals surface area contributed by atoms with Crippen LogP contribution >= 0.6 is 0 Å². The summed E-state index contributed by atoms with van der Waals surface area (Å²) in [4.78, 5) is 7.72. The van der Waals surface area contributed by atoms with E-state index >= 15 is 4.39 Å². The maximum absolute atomic E-state index is 15.2. The van der Waals surface area contributed by atoms with Crippen LogP contribution < -0.4 is 19.5 Å². The summed E-state index contributed by atoms with van der Waals surface area (Å²) in [6, 6.07) is 9.45. The Morgan fingerprint density at radius 2 is 2.06 bits per heavy atom. The van der Waals surface area contributed by atoms with Crippen LogP contribution in [0.2, 0.25) is 0 Å². The first-order chi connectivity index (χ1) is 15.5. The summed E-state index contributed by atoms with van der Waals surface area (Å²) in [7, 11) is 1.62. The quantitative estimate of drug-likeness (QED) is 0.559. The van der Waals surface area contributed by atoms with Crippen molar-refractivity contribution in [3.05, 3.63) is 47.4 Å². The normalized spacial score (nSPS) is 22.2. The first kappa shape index (κ1) is 20.8. The molecule has 1 fully saturated rings. The van der Waals surface area contributed by atoms with Gasteiger partial charge in [-0.25, -0.2) is 4.39 Å². The highest BCUT2D eigenvalue weighted by molar-refractivity contribution is 5.83. The van der Waals surface area contributed by atoms with E-state index in [1.807, 2.05) is 38.3 Å². The smallest absolute Gasteiger partial charge is 0.174 e. The van der Waals surface area contributed by atoms with Crippen LogP contribution in [0.1, 0.15) is 37.4 Å². The van der Waals surface area contributed by atoms with Crippen LogP contribution in [0.15, 0.2) is 35.3 Å². The minimum atomic E-state index is -0.796. The average Bonchev–Trinajstić information content (AvgIpc) is 3.43. The van der Waals surface area contributed by atoms with Crippen LogP contribution in [-0.4, -0.2) is 37.5 Å². The summed E-state index contributed by atoms with van der Waals surface area (Å²) >= 11 is 0. The Balaban J connectivity index is 1.46. The Bertz CT molecular complexity index is 1180. The van der Waals surface area contributed by atoms with Crippen molar-refractivity contribution in [2.75, 3.05) is 20.3 Å². The van der Waals surface area contributed by atoms with Crippen molar-refractivity contribution in [2.45, 2.75) is 44.8 Å². The van der Waals surface area contributed by atoms with Gasteiger partial charge in [0.05, 0.1) is 12.8 Å². The highest BCUT2D eigenvalue weighted by Gasteiger charge is 2.35. The fourth-order valence-electron chi connectivity index (χ4n) is 4.58. The Labute approximate surface area is 186 Å². The van der Waals surface area contributed by atoms with Crippen molar-refractivity contribution in [2.24, 2.45) is 4.99 Å². The summed E-state index contributed by atoms with van der Waals surface area (Å²) in [6.07, 6.45) is 4.60. The van der Waals surface area contributed by atoms with E-state index in [0.29, 0.717) is 36.0 Å². The van der Waals surface area contributed by atoms with Crippen molar-refractivity contribution in [3.63, 3.8) is 0 Å². The number of hydrogen-bond acceptors (Lipinski definition) is 5. The number of hydrogen-bond donors (Lipinski definition) is 2.